The first-order valence-corrected chi connectivity index (χ1v) is 9.53. The minimum Gasteiger partial charge on any atom is -0.497 e. The van der Waals surface area contributed by atoms with Crippen molar-refractivity contribution in [3.05, 3.63) is 24.3 Å². The molecule has 0 atom stereocenters. The Morgan fingerprint density at radius 2 is 1.91 bits per heavy atom. The summed E-state index contributed by atoms with van der Waals surface area (Å²) in [5, 5.41) is 11.0. The average molecular weight is 356 g/mol. The topological polar surface area (TPSA) is 64.1 Å². The van der Waals surface area contributed by atoms with Gasteiger partial charge in [-0.2, -0.15) is 0 Å². The van der Waals surface area contributed by atoms with Crippen LogP contribution in [0.5, 0.6) is 5.75 Å². The van der Waals surface area contributed by atoms with E-state index >= 15 is 0 Å². The van der Waals surface area contributed by atoms with E-state index in [1.54, 1.807) is 18.9 Å². The summed E-state index contributed by atoms with van der Waals surface area (Å²) in [4.78, 5) is 11.9. The monoisotopic (exact) mass is 355 g/mol. The normalized spacial score (nSPS) is 10.5. The van der Waals surface area contributed by atoms with Gasteiger partial charge in [-0.3, -0.25) is 4.79 Å². The molecule has 0 aliphatic carbocycles. The van der Waals surface area contributed by atoms with E-state index in [0.29, 0.717) is 5.75 Å². The molecule has 0 aliphatic rings. The Morgan fingerprint density at radius 3 is 2.55 bits per heavy atom. The van der Waals surface area contributed by atoms with Gasteiger partial charge in [0.05, 0.1) is 12.9 Å². The number of carbonyl (C=O) groups excluding carboxylic acids is 1. The lowest BCUT2D eigenvalue weighted by atomic mass is 10.3. The number of nitrogens with one attached hydrogen (secondary N) is 1. The lowest BCUT2D eigenvalue weighted by Gasteiger charge is -2.05. The van der Waals surface area contributed by atoms with Gasteiger partial charge in [0.1, 0.15) is 5.75 Å². The number of rotatable bonds is 8. The van der Waals surface area contributed by atoms with Gasteiger partial charge in [0, 0.05) is 11.4 Å². The smallest absolute Gasteiger partial charge is 0.234 e. The zero-order valence-electron chi connectivity index (χ0n) is 12.4. The number of ether oxygens (including phenoxy) is 1. The molecule has 2 aromatic rings. The fraction of sp³-hybridized carbons (Fsp3) is 0.357. The van der Waals surface area contributed by atoms with Crippen molar-refractivity contribution >= 4 is 46.5 Å². The number of methoxy groups -OCH3 is 1. The number of thioether (sulfide) groups is 2. The van der Waals surface area contributed by atoms with Gasteiger partial charge in [0.25, 0.3) is 0 Å². The molecule has 0 unspecified atom stereocenters. The van der Waals surface area contributed by atoms with Crippen molar-refractivity contribution in [2.24, 2.45) is 0 Å². The predicted octanol–water partition coefficient (Wildman–Crippen LogP) is 3.78. The second-order valence-electron chi connectivity index (χ2n) is 4.25. The number of nitrogens with zero attached hydrogens (tertiary/aromatic N) is 2. The lowest BCUT2D eigenvalue weighted by molar-refractivity contribution is -0.113. The molecule has 0 fully saturated rings. The van der Waals surface area contributed by atoms with Crippen molar-refractivity contribution in [1.82, 2.24) is 10.2 Å². The highest BCUT2D eigenvalue weighted by Crippen LogP contribution is 2.29. The summed E-state index contributed by atoms with van der Waals surface area (Å²) in [7, 11) is 1.61. The third-order valence-electron chi connectivity index (χ3n) is 2.52. The summed E-state index contributed by atoms with van der Waals surface area (Å²) in [6.45, 7) is 2.13. The van der Waals surface area contributed by atoms with Crippen LogP contribution in [0.4, 0.5) is 5.69 Å². The van der Waals surface area contributed by atoms with Gasteiger partial charge in [-0.05, 0) is 30.7 Å². The van der Waals surface area contributed by atoms with Crippen LogP contribution in [0.1, 0.15) is 13.3 Å². The molecule has 22 heavy (non-hydrogen) atoms. The van der Waals surface area contributed by atoms with Gasteiger partial charge in [-0.15, -0.1) is 10.2 Å². The highest BCUT2D eigenvalue weighted by atomic mass is 32.2. The maximum Gasteiger partial charge on any atom is 0.234 e. The maximum atomic E-state index is 11.9. The van der Waals surface area contributed by atoms with Crippen molar-refractivity contribution < 1.29 is 9.53 Å². The summed E-state index contributed by atoms with van der Waals surface area (Å²) in [5.74, 6) is 2.06. The van der Waals surface area contributed by atoms with Crippen LogP contribution in [0.2, 0.25) is 0 Å². The number of benzene rings is 1. The van der Waals surface area contributed by atoms with E-state index in [2.05, 4.69) is 22.4 Å². The van der Waals surface area contributed by atoms with Crippen molar-refractivity contribution in [2.75, 3.05) is 23.9 Å². The summed E-state index contributed by atoms with van der Waals surface area (Å²) in [6, 6.07) is 7.24. The largest absolute Gasteiger partial charge is 0.497 e. The molecule has 0 saturated carbocycles. The van der Waals surface area contributed by atoms with Gasteiger partial charge in [-0.1, -0.05) is 41.8 Å². The van der Waals surface area contributed by atoms with Gasteiger partial charge in [0.15, 0.2) is 8.68 Å². The Kier molecular flexibility index (Phi) is 7.01. The molecule has 1 N–H and O–H groups in total. The summed E-state index contributed by atoms with van der Waals surface area (Å²) in [5.41, 5.74) is 0.753. The molecule has 118 valence electrons. The Balaban J connectivity index is 1.78. The first-order valence-electron chi connectivity index (χ1n) is 6.74. The third kappa shape index (κ3) is 5.51. The van der Waals surface area contributed by atoms with Gasteiger partial charge in [0.2, 0.25) is 5.91 Å². The minimum atomic E-state index is -0.0619. The zero-order valence-corrected chi connectivity index (χ0v) is 14.8. The maximum absolute atomic E-state index is 11.9. The highest BCUT2D eigenvalue weighted by molar-refractivity contribution is 8.03. The van der Waals surface area contributed by atoms with Gasteiger partial charge < -0.3 is 10.1 Å². The van der Waals surface area contributed by atoms with Crippen LogP contribution in [-0.4, -0.2) is 34.7 Å². The summed E-state index contributed by atoms with van der Waals surface area (Å²) in [6.07, 6.45) is 1.11. The van der Waals surface area contributed by atoms with Gasteiger partial charge in [-0.25, -0.2) is 0 Å². The van der Waals surface area contributed by atoms with E-state index in [4.69, 9.17) is 4.74 Å². The Labute approximate surface area is 142 Å². The first-order chi connectivity index (χ1) is 10.7. The molecular formula is C14H17N3O2S3. The molecule has 0 radical (unpaired) electrons. The van der Waals surface area contributed by atoms with Gasteiger partial charge >= 0.3 is 0 Å². The van der Waals surface area contributed by atoms with E-state index in [1.165, 1.54) is 23.1 Å². The molecule has 5 nitrogen and oxygen atoms in total. The average Bonchev–Trinajstić information content (AvgIpc) is 2.99. The summed E-state index contributed by atoms with van der Waals surface area (Å²) >= 11 is 4.64. The molecule has 1 amide bonds. The molecule has 0 spiro atoms. The van der Waals surface area contributed by atoms with E-state index in [9.17, 15) is 4.79 Å². The fourth-order valence-electron chi connectivity index (χ4n) is 1.50. The molecular weight excluding hydrogens is 338 g/mol. The fourth-order valence-corrected chi connectivity index (χ4v) is 4.25. The van der Waals surface area contributed by atoms with Crippen molar-refractivity contribution in [2.45, 2.75) is 22.0 Å². The Hall–Kier alpha value is -1.25. The molecule has 1 aromatic heterocycles. The number of hydrogen-bond donors (Lipinski definition) is 1. The molecule has 0 saturated heterocycles. The van der Waals surface area contributed by atoms with E-state index in [1.807, 2.05) is 24.3 Å². The van der Waals surface area contributed by atoms with Crippen LogP contribution in [-0.2, 0) is 4.79 Å². The van der Waals surface area contributed by atoms with Crippen LogP contribution in [0.25, 0.3) is 0 Å². The second-order valence-corrected chi connectivity index (χ2v) is 7.79. The molecule has 1 aromatic carbocycles. The highest BCUT2D eigenvalue weighted by Gasteiger charge is 2.08. The number of aromatic nitrogens is 2. The molecule has 0 bridgehead atoms. The molecule has 2 rings (SSSR count). The number of amides is 1. The van der Waals surface area contributed by atoms with Crippen molar-refractivity contribution in [1.29, 1.82) is 0 Å². The predicted molar refractivity (Wildman–Crippen MR) is 93.3 cm³/mol. The van der Waals surface area contributed by atoms with Crippen LogP contribution in [0, 0.1) is 0 Å². The van der Waals surface area contributed by atoms with Crippen molar-refractivity contribution in [3.8, 4) is 5.75 Å². The quantitative estimate of drug-likeness (QED) is 0.727. The Morgan fingerprint density at radius 1 is 1.23 bits per heavy atom. The Bertz CT molecular complexity index is 602. The van der Waals surface area contributed by atoms with Crippen LogP contribution in [0.15, 0.2) is 32.9 Å². The zero-order chi connectivity index (χ0) is 15.8. The van der Waals surface area contributed by atoms with Crippen LogP contribution >= 0.6 is 34.9 Å². The van der Waals surface area contributed by atoms with E-state index < -0.39 is 0 Å². The van der Waals surface area contributed by atoms with E-state index in [0.717, 1.165) is 32.3 Å². The SMILES string of the molecule is CCCSc1nnc(SCC(=O)Nc2ccc(OC)cc2)s1. The van der Waals surface area contributed by atoms with Crippen molar-refractivity contribution in [3.63, 3.8) is 0 Å². The lowest BCUT2D eigenvalue weighted by Crippen LogP contribution is -2.13. The third-order valence-corrected chi connectivity index (χ3v) is 5.91. The first kappa shape index (κ1) is 17.1. The molecule has 8 heteroatoms. The standard InChI is InChI=1S/C14H17N3O2S3/c1-3-8-20-13-16-17-14(22-13)21-9-12(18)15-10-4-6-11(19-2)7-5-10/h4-7H,3,8-9H2,1-2H3,(H,15,18). The van der Waals surface area contributed by atoms with Crippen LogP contribution < -0.4 is 10.1 Å². The second kappa shape index (κ2) is 9.02. The number of carbonyl (C=O) groups is 1. The molecule has 0 aliphatic heterocycles. The van der Waals surface area contributed by atoms with Crippen LogP contribution in [0.3, 0.4) is 0 Å². The molecule has 1 heterocycles. The minimum absolute atomic E-state index is 0.0619. The number of anilines is 1. The number of hydrogen-bond acceptors (Lipinski definition) is 7. The summed E-state index contributed by atoms with van der Waals surface area (Å²) < 4.78 is 6.86. The van der Waals surface area contributed by atoms with E-state index in [-0.39, 0.29) is 5.91 Å².